The van der Waals surface area contributed by atoms with E-state index in [2.05, 4.69) is 99.4 Å². The van der Waals surface area contributed by atoms with Crippen LogP contribution < -0.4 is 0 Å². The molecule has 180 valence electrons. The van der Waals surface area contributed by atoms with Gasteiger partial charge in [-0.15, -0.1) is 22.7 Å². The van der Waals surface area contributed by atoms with Gasteiger partial charge in [0.25, 0.3) is 0 Å². The summed E-state index contributed by atoms with van der Waals surface area (Å²) in [6.45, 7) is 18.7. The maximum absolute atomic E-state index is 4.05. The van der Waals surface area contributed by atoms with Gasteiger partial charge >= 0.3 is 0 Å². The Labute approximate surface area is 233 Å². The van der Waals surface area contributed by atoms with Crippen LogP contribution in [0.3, 0.4) is 0 Å². The van der Waals surface area contributed by atoms with E-state index in [1.807, 2.05) is 22.7 Å². The highest BCUT2D eigenvalue weighted by atomic mass is 79.9. The van der Waals surface area contributed by atoms with Crippen molar-refractivity contribution in [3.63, 3.8) is 0 Å². The van der Waals surface area contributed by atoms with Gasteiger partial charge in [0.05, 0.1) is 0 Å². The van der Waals surface area contributed by atoms with E-state index in [4.69, 9.17) is 0 Å². The molecular weight excluding hydrogens is 596 g/mol. The molecule has 2 aliphatic rings. The minimum atomic E-state index is -0.0758. The molecule has 2 heterocycles. The first kappa shape index (κ1) is 24.2. The number of aryl methyl sites for hydroxylation is 4. The van der Waals surface area contributed by atoms with Gasteiger partial charge in [0.2, 0.25) is 0 Å². The van der Waals surface area contributed by atoms with Crippen molar-refractivity contribution in [2.75, 3.05) is 0 Å². The Balaban J connectivity index is 1.57. The molecule has 0 radical (unpaired) electrons. The van der Waals surface area contributed by atoms with E-state index in [1.165, 1.54) is 94.5 Å². The number of benzene rings is 2. The molecular formula is C31H30Br2S2. The monoisotopic (exact) mass is 624 g/mol. The Kier molecular flexibility index (Phi) is 5.45. The highest BCUT2D eigenvalue weighted by molar-refractivity contribution is 9.11. The first-order valence-corrected chi connectivity index (χ1v) is 15.5. The molecule has 0 bridgehead atoms. The Bertz CT molecular complexity index is 1560. The number of fused-ring (bicyclic) bond motifs is 4. The molecule has 4 aromatic rings. The third-order valence-corrected chi connectivity index (χ3v) is 12.6. The molecule has 0 amide bonds. The summed E-state index contributed by atoms with van der Waals surface area (Å²) >= 11 is 12.0. The van der Waals surface area contributed by atoms with Crippen molar-refractivity contribution in [3.05, 3.63) is 75.4 Å². The lowest BCUT2D eigenvalue weighted by Crippen LogP contribution is -2.17. The second-order valence-electron chi connectivity index (χ2n) is 11.0. The van der Waals surface area contributed by atoms with Crippen LogP contribution in [0, 0.1) is 33.1 Å². The molecule has 0 fully saturated rings. The summed E-state index contributed by atoms with van der Waals surface area (Å²) in [5.41, 5.74) is 14.7. The first-order valence-electron chi connectivity index (χ1n) is 12.3. The molecule has 6 rings (SSSR count). The van der Waals surface area contributed by atoms with Crippen LogP contribution in [0.5, 0.6) is 0 Å². The van der Waals surface area contributed by atoms with Crippen molar-refractivity contribution >= 4 is 85.9 Å². The minimum absolute atomic E-state index is 0.0758. The third kappa shape index (κ3) is 3.19. The fourth-order valence-corrected chi connectivity index (χ4v) is 11.1. The summed E-state index contributed by atoms with van der Waals surface area (Å²) in [5.74, 6) is 0. The Hall–Kier alpha value is -1.20. The summed E-state index contributed by atoms with van der Waals surface area (Å²) < 4.78 is 5.42. The van der Waals surface area contributed by atoms with Crippen LogP contribution in [0.2, 0.25) is 0 Å². The van der Waals surface area contributed by atoms with Crippen molar-refractivity contribution in [2.45, 2.75) is 68.2 Å². The van der Waals surface area contributed by atoms with Crippen LogP contribution in [0.4, 0.5) is 0 Å². The lowest BCUT2D eigenvalue weighted by Gasteiger charge is -2.32. The fourth-order valence-electron chi connectivity index (χ4n) is 6.85. The van der Waals surface area contributed by atoms with Crippen LogP contribution in [-0.2, 0) is 12.8 Å². The van der Waals surface area contributed by atoms with Crippen LogP contribution in [-0.4, -0.2) is 0 Å². The van der Waals surface area contributed by atoms with E-state index < -0.39 is 0 Å². The second-order valence-corrected chi connectivity index (χ2v) is 15.1. The molecule has 0 N–H and O–H groups in total. The molecule has 0 nitrogen and oxygen atoms in total. The maximum Gasteiger partial charge on any atom is 0.0365 e. The van der Waals surface area contributed by atoms with Crippen LogP contribution in [0.15, 0.2) is 32.2 Å². The average Bonchev–Trinajstić information content (AvgIpc) is 3.46. The summed E-state index contributed by atoms with van der Waals surface area (Å²) in [4.78, 5) is 2.84. The first-order chi connectivity index (χ1) is 16.4. The van der Waals surface area contributed by atoms with Gasteiger partial charge in [-0.3, -0.25) is 0 Å². The lowest BCUT2D eigenvalue weighted by molar-refractivity contribution is 0.669. The number of rotatable bonds is 2. The van der Waals surface area contributed by atoms with Gasteiger partial charge in [-0.05, 0) is 143 Å². The zero-order chi connectivity index (χ0) is 25.1. The largest absolute Gasteiger partial charge is 0.140 e. The summed E-state index contributed by atoms with van der Waals surface area (Å²) in [6, 6.07) is 4.98. The SMILES string of the molecule is CC1=C(C(C)(C)C2=C(C)Cc3c2cc2sc(C)c(C)c2c3Br)c2cc3sc(C)c(C)c3c(Br)c2C1. The Morgan fingerprint density at radius 2 is 1.03 bits per heavy atom. The van der Waals surface area contributed by atoms with Gasteiger partial charge in [-0.1, -0.05) is 25.0 Å². The van der Waals surface area contributed by atoms with Gasteiger partial charge in [0, 0.05) is 44.3 Å². The van der Waals surface area contributed by atoms with E-state index in [1.54, 1.807) is 0 Å². The van der Waals surface area contributed by atoms with Gasteiger partial charge in [-0.2, -0.15) is 0 Å². The van der Waals surface area contributed by atoms with Gasteiger partial charge in [0.15, 0.2) is 0 Å². The zero-order valence-electron chi connectivity index (χ0n) is 21.6. The smallest absolute Gasteiger partial charge is 0.0365 e. The predicted octanol–water partition coefficient (Wildman–Crippen LogP) is 11.3. The summed E-state index contributed by atoms with van der Waals surface area (Å²) in [6.07, 6.45) is 2.06. The number of allylic oxidation sites excluding steroid dienone is 4. The zero-order valence-corrected chi connectivity index (χ0v) is 26.4. The van der Waals surface area contributed by atoms with E-state index in [9.17, 15) is 0 Å². The maximum atomic E-state index is 4.05. The molecule has 0 aliphatic heterocycles. The van der Waals surface area contributed by atoms with E-state index in [0.29, 0.717) is 0 Å². The summed E-state index contributed by atoms with van der Waals surface area (Å²) in [5, 5.41) is 2.82. The second kappa shape index (κ2) is 7.90. The molecule has 2 aliphatic carbocycles. The van der Waals surface area contributed by atoms with Gasteiger partial charge in [-0.25, -0.2) is 0 Å². The predicted molar refractivity (Wildman–Crippen MR) is 164 cm³/mol. The number of hydrogen-bond donors (Lipinski definition) is 0. The molecule has 0 unspecified atom stereocenters. The van der Waals surface area contributed by atoms with Crippen LogP contribution in [0.1, 0.15) is 70.8 Å². The van der Waals surface area contributed by atoms with E-state index >= 15 is 0 Å². The normalized spacial score (nSPS) is 15.8. The fraction of sp³-hybridized carbons (Fsp3) is 0.355. The standard InChI is InChI=1S/C31H30Br2S2/c1-13-9-21-19(11-23-25(29(21)32)15(3)17(5)34-23)27(13)31(7,8)28-14(2)10-22-20(28)12-24-26(30(22)33)16(4)18(6)35-24/h11-12H,9-10H2,1-8H3. The molecule has 35 heavy (non-hydrogen) atoms. The van der Waals surface area contributed by atoms with Crippen molar-refractivity contribution in [3.8, 4) is 0 Å². The topological polar surface area (TPSA) is 0 Å². The highest BCUT2D eigenvalue weighted by Crippen LogP contribution is 2.58. The Morgan fingerprint density at radius 1 is 0.657 bits per heavy atom. The van der Waals surface area contributed by atoms with Crippen LogP contribution >= 0.6 is 54.5 Å². The van der Waals surface area contributed by atoms with E-state index in [0.717, 1.165) is 12.8 Å². The van der Waals surface area contributed by atoms with Gasteiger partial charge < -0.3 is 0 Å². The third-order valence-electron chi connectivity index (χ3n) is 8.52. The summed E-state index contributed by atoms with van der Waals surface area (Å²) in [7, 11) is 0. The Morgan fingerprint density at radius 3 is 1.40 bits per heavy atom. The molecule has 2 aromatic heterocycles. The van der Waals surface area contributed by atoms with Crippen molar-refractivity contribution in [2.24, 2.45) is 5.41 Å². The molecule has 4 heteroatoms. The minimum Gasteiger partial charge on any atom is -0.140 e. The average molecular weight is 627 g/mol. The van der Waals surface area contributed by atoms with Crippen molar-refractivity contribution in [1.82, 2.24) is 0 Å². The van der Waals surface area contributed by atoms with Crippen LogP contribution in [0.25, 0.3) is 31.3 Å². The molecule has 0 saturated carbocycles. The molecule has 2 aromatic carbocycles. The number of hydrogen-bond acceptors (Lipinski definition) is 2. The molecule has 0 saturated heterocycles. The van der Waals surface area contributed by atoms with Gasteiger partial charge in [0.1, 0.15) is 0 Å². The quantitative estimate of drug-likeness (QED) is 0.208. The lowest BCUT2D eigenvalue weighted by atomic mass is 9.71. The van der Waals surface area contributed by atoms with Crippen molar-refractivity contribution in [1.29, 1.82) is 0 Å². The number of thiophene rings is 2. The molecule has 0 atom stereocenters. The van der Waals surface area contributed by atoms with E-state index in [-0.39, 0.29) is 5.41 Å². The molecule has 0 spiro atoms. The number of halogens is 2. The highest BCUT2D eigenvalue weighted by Gasteiger charge is 2.40. The van der Waals surface area contributed by atoms with Crippen molar-refractivity contribution < 1.29 is 0 Å².